The molecule has 0 spiro atoms. The molecular weight excluding hydrogens is 198 g/mol. The first-order valence-corrected chi connectivity index (χ1v) is 5.34. The number of hydrogen-bond donors (Lipinski definition) is 2. The predicted octanol–water partition coefficient (Wildman–Crippen LogP) is 1.93. The molecule has 1 unspecified atom stereocenters. The van der Waals surface area contributed by atoms with E-state index in [9.17, 15) is 4.79 Å². The Hall–Kier alpha value is -0.870. The fourth-order valence-corrected chi connectivity index (χ4v) is 2.16. The second kappa shape index (κ2) is 4.57. The number of aryl methyl sites for hydroxylation is 2. The Balaban J connectivity index is 2.53. The number of carbonyl (C=O) groups is 1. The van der Waals surface area contributed by atoms with Crippen LogP contribution >= 0.6 is 11.3 Å². The van der Waals surface area contributed by atoms with Crippen molar-refractivity contribution < 1.29 is 9.90 Å². The summed E-state index contributed by atoms with van der Waals surface area (Å²) >= 11 is 1.74. The van der Waals surface area contributed by atoms with E-state index < -0.39 is 12.0 Å². The van der Waals surface area contributed by atoms with Crippen molar-refractivity contribution in [1.82, 2.24) is 5.32 Å². The molecule has 1 aromatic heterocycles. The van der Waals surface area contributed by atoms with Crippen LogP contribution in [0.15, 0.2) is 6.07 Å². The van der Waals surface area contributed by atoms with Crippen molar-refractivity contribution >= 4 is 17.3 Å². The molecule has 0 fully saturated rings. The zero-order chi connectivity index (χ0) is 10.7. The molecule has 0 bridgehead atoms. The summed E-state index contributed by atoms with van der Waals surface area (Å²) < 4.78 is 0. The average molecular weight is 213 g/mol. The molecule has 0 aliphatic heterocycles. The lowest BCUT2D eigenvalue weighted by Gasteiger charge is -2.08. The van der Waals surface area contributed by atoms with Gasteiger partial charge in [-0.1, -0.05) is 0 Å². The number of carboxylic acid groups (broad SMARTS) is 1. The minimum Gasteiger partial charge on any atom is -0.480 e. The summed E-state index contributed by atoms with van der Waals surface area (Å²) in [4.78, 5) is 13.1. The van der Waals surface area contributed by atoms with Crippen LogP contribution in [0.4, 0.5) is 0 Å². The van der Waals surface area contributed by atoms with E-state index in [0.717, 1.165) is 0 Å². The predicted molar refractivity (Wildman–Crippen MR) is 57.7 cm³/mol. The van der Waals surface area contributed by atoms with E-state index in [2.05, 4.69) is 25.2 Å². The van der Waals surface area contributed by atoms with Gasteiger partial charge in [-0.2, -0.15) is 0 Å². The monoisotopic (exact) mass is 213 g/mol. The maximum Gasteiger partial charge on any atom is 0.320 e. The fraction of sp³-hybridized carbons (Fsp3) is 0.500. The molecule has 0 radical (unpaired) electrons. The van der Waals surface area contributed by atoms with E-state index in [1.54, 1.807) is 18.3 Å². The van der Waals surface area contributed by atoms with Crippen LogP contribution in [-0.4, -0.2) is 17.1 Å². The smallest absolute Gasteiger partial charge is 0.320 e. The molecule has 78 valence electrons. The molecule has 1 atom stereocenters. The van der Waals surface area contributed by atoms with Crippen LogP contribution in [0.5, 0.6) is 0 Å². The SMILES string of the molecule is Cc1cc(CNC(C)C(=O)O)c(C)s1. The second-order valence-corrected chi connectivity index (χ2v) is 4.84. The van der Waals surface area contributed by atoms with Crippen LogP contribution in [0.25, 0.3) is 0 Å². The molecule has 1 rings (SSSR count). The van der Waals surface area contributed by atoms with E-state index in [-0.39, 0.29) is 0 Å². The molecule has 0 aliphatic rings. The van der Waals surface area contributed by atoms with Gasteiger partial charge in [0, 0.05) is 16.3 Å². The summed E-state index contributed by atoms with van der Waals surface area (Å²) in [6.07, 6.45) is 0. The van der Waals surface area contributed by atoms with Gasteiger partial charge in [-0.25, -0.2) is 0 Å². The molecule has 0 aromatic carbocycles. The molecule has 1 heterocycles. The normalized spacial score (nSPS) is 12.8. The van der Waals surface area contributed by atoms with Gasteiger partial charge in [-0.05, 0) is 32.4 Å². The molecule has 4 heteroatoms. The molecule has 14 heavy (non-hydrogen) atoms. The molecule has 3 nitrogen and oxygen atoms in total. The Morgan fingerprint density at radius 1 is 1.64 bits per heavy atom. The van der Waals surface area contributed by atoms with Gasteiger partial charge in [-0.3, -0.25) is 4.79 Å². The maximum absolute atomic E-state index is 10.6. The van der Waals surface area contributed by atoms with Crippen molar-refractivity contribution in [3.63, 3.8) is 0 Å². The third-order valence-electron chi connectivity index (χ3n) is 2.11. The summed E-state index contributed by atoms with van der Waals surface area (Å²) in [6.45, 7) is 6.39. The number of thiophene rings is 1. The van der Waals surface area contributed by atoms with E-state index in [0.29, 0.717) is 6.54 Å². The van der Waals surface area contributed by atoms with E-state index >= 15 is 0 Å². The van der Waals surface area contributed by atoms with Crippen LogP contribution < -0.4 is 5.32 Å². The molecule has 0 saturated heterocycles. The van der Waals surface area contributed by atoms with Gasteiger partial charge in [0.1, 0.15) is 6.04 Å². The van der Waals surface area contributed by atoms with Crippen LogP contribution in [0.3, 0.4) is 0 Å². The Morgan fingerprint density at radius 3 is 2.71 bits per heavy atom. The Labute approximate surface area is 87.8 Å². The Morgan fingerprint density at radius 2 is 2.29 bits per heavy atom. The van der Waals surface area contributed by atoms with Crippen LogP contribution in [0, 0.1) is 13.8 Å². The van der Waals surface area contributed by atoms with Crippen LogP contribution in [0.2, 0.25) is 0 Å². The molecule has 0 saturated carbocycles. The van der Waals surface area contributed by atoms with E-state index in [1.807, 2.05) is 0 Å². The zero-order valence-electron chi connectivity index (χ0n) is 8.63. The van der Waals surface area contributed by atoms with Gasteiger partial charge in [0.15, 0.2) is 0 Å². The van der Waals surface area contributed by atoms with Gasteiger partial charge in [0.2, 0.25) is 0 Å². The second-order valence-electron chi connectivity index (χ2n) is 3.38. The lowest BCUT2D eigenvalue weighted by atomic mass is 10.2. The highest BCUT2D eigenvalue weighted by Crippen LogP contribution is 2.20. The third-order valence-corrected chi connectivity index (χ3v) is 3.12. The van der Waals surface area contributed by atoms with Gasteiger partial charge in [0.05, 0.1) is 0 Å². The highest BCUT2D eigenvalue weighted by atomic mass is 32.1. The minimum atomic E-state index is -0.811. The number of aliphatic carboxylic acids is 1. The van der Waals surface area contributed by atoms with Crippen molar-refractivity contribution in [2.75, 3.05) is 0 Å². The average Bonchev–Trinajstić information content (AvgIpc) is 2.40. The van der Waals surface area contributed by atoms with Gasteiger partial charge in [0.25, 0.3) is 0 Å². The van der Waals surface area contributed by atoms with E-state index in [1.165, 1.54) is 15.3 Å². The van der Waals surface area contributed by atoms with Crippen LogP contribution in [0.1, 0.15) is 22.2 Å². The first kappa shape index (κ1) is 11.2. The van der Waals surface area contributed by atoms with Gasteiger partial charge in [-0.15, -0.1) is 11.3 Å². The van der Waals surface area contributed by atoms with Crippen molar-refractivity contribution in [3.05, 3.63) is 21.4 Å². The summed E-state index contributed by atoms with van der Waals surface area (Å²) in [6, 6.07) is 1.61. The highest BCUT2D eigenvalue weighted by Gasteiger charge is 2.10. The molecule has 1 aromatic rings. The van der Waals surface area contributed by atoms with Crippen molar-refractivity contribution in [1.29, 1.82) is 0 Å². The number of nitrogens with one attached hydrogen (secondary N) is 1. The van der Waals surface area contributed by atoms with E-state index in [4.69, 9.17) is 5.11 Å². The summed E-state index contributed by atoms with van der Waals surface area (Å²) in [5.74, 6) is -0.811. The summed E-state index contributed by atoms with van der Waals surface area (Å²) in [5.41, 5.74) is 1.20. The maximum atomic E-state index is 10.6. The summed E-state index contributed by atoms with van der Waals surface area (Å²) in [7, 11) is 0. The number of carboxylic acids is 1. The fourth-order valence-electron chi connectivity index (χ4n) is 1.21. The standard InChI is InChI=1S/C10H15NO2S/c1-6-4-9(8(3)14-6)5-11-7(2)10(12)13/h4,7,11H,5H2,1-3H3,(H,12,13). The highest BCUT2D eigenvalue weighted by molar-refractivity contribution is 7.12. The largest absolute Gasteiger partial charge is 0.480 e. The first-order chi connectivity index (χ1) is 6.50. The quantitative estimate of drug-likeness (QED) is 0.803. The van der Waals surface area contributed by atoms with Crippen LogP contribution in [-0.2, 0) is 11.3 Å². The molecule has 0 aliphatic carbocycles. The summed E-state index contributed by atoms with van der Waals surface area (Å²) in [5, 5.41) is 11.6. The third kappa shape index (κ3) is 2.82. The molecular formula is C10H15NO2S. The molecule has 0 amide bonds. The molecule has 2 N–H and O–H groups in total. The Bertz CT molecular complexity index is 333. The lowest BCUT2D eigenvalue weighted by molar-refractivity contribution is -0.139. The number of rotatable bonds is 4. The van der Waals surface area contributed by atoms with Crippen molar-refractivity contribution in [2.45, 2.75) is 33.4 Å². The van der Waals surface area contributed by atoms with Gasteiger partial charge >= 0.3 is 5.97 Å². The topological polar surface area (TPSA) is 49.3 Å². The number of hydrogen-bond acceptors (Lipinski definition) is 3. The van der Waals surface area contributed by atoms with Gasteiger partial charge < -0.3 is 10.4 Å². The lowest BCUT2D eigenvalue weighted by Crippen LogP contribution is -2.33. The van der Waals surface area contributed by atoms with Crippen molar-refractivity contribution in [3.8, 4) is 0 Å². The zero-order valence-corrected chi connectivity index (χ0v) is 9.44. The Kier molecular flexibility index (Phi) is 3.66. The van der Waals surface area contributed by atoms with Crippen molar-refractivity contribution in [2.24, 2.45) is 0 Å². The first-order valence-electron chi connectivity index (χ1n) is 4.53. The minimum absolute atomic E-state index is 0.491.